The van der Waals surface area contributed by atoms with Crippen LogP contribution in [0.5, 0.6) is 0 Å². The van der Waals surface area contributed by atoms with Crippen molar-refractivity contribution in [1.82, 2.24) is 0 Å². The zero-order valence-electron chi connectivity index (χ0n) is 15.9. The van der Waals surface area contributed by atoms with Gasteiger partial charge in [-0.2, -0.15) is 10.1 Å². The second-order valence-electron chi connectivity index (χ2n) is 6.68. The fourth-order valence-electron chi connectivity index (χ4n) is 3.26. The Labute approximate surface area is 175 Å². The number of allylic oxidation sites excluding steroid dienone is 2. The van der Waals surface area contributed by atoms with Gasteiger partial charge in [0.15, 0.2) is 0 Å². The van der Waals surface area contributed by atoms with Crippen LogP contribution in [0.1, 0.15) is 18.1 Å². The summed E-state index contributed by atoms with van der Waals surface area (Å²) in [5.41, 5.74) is 4.85. The summed E-state index contributed by atoms with van der Waals surface area (Å²) in [7, 11) is 0. The lowest BCUT2D eigenvalue weighted by Gasteiger charge is -2.12. The highest BCUT2D eigenvalue weighted by atomic mass is 35.5. The quantitative estimate of drug-likeness (QED) is 0.479. The van der Waals surface area contributed by atoms with Gasteiger partial charge in [0.1, 0.15) is 0 Å². The molecule has 3 nitrogen and oxygen atoms in total. The van der Waals surface area contributed by atoms with E-state index in [4.69, 9.17) is 11.6 Å². The van der Waals surface area contributed by atoms with Crippen LogP contribution in [0.4, 0.5) is 5.69 Å². The van der Waals surface area contributed by atoms with Crippen LogP contribution in [0.3, 0.4) is 0 Å². The number of nitrogens with zero attached hydrogens (tertiary/aromatic N) is 2. The number of benzene rings is 3. The molecule has 0 spiro atoms. The maximum Gasteiger partial charge on any atom is 0.281 e. The van der Waals surface area contributed by atoms with Gasteiger partial charge in [-0.05, 0) is 47.9 Å². The lowest BCUT2D eigenvalue weighted by Crippen LogP contribution is -2.21. The summed E-state index contributed by atoms with van der Waals surface area (Å²) in [6.07, 6.45) is 3.96. The first kappa shape index (κ1) is 18.9. The van der Waals surface area contributed by atoms with E-state index >= 15 is 0 Å². The smallest absolute Gasteiger partial charge is 0.267 e. The van der Waals surface area contributed by atoms with Crippen LogP contribution >= 0.6 is 11.6 Å². The summed E-state index contributed by atoms with van der Waals surface area (Å²) < 4.78 is 0. The molecule has 0 bridgehead atoms. The largest absolute Gasteiger partial charge is 0.281 e. The van der Waals surface area contributed by atoms with Crippen molar-refractivity contribution in [3.05, 3.63) is 113 Å². The molecule has 1 aliphatic rings. The highest BCUT2D eigenvalue weighted by Gasteiger charge is 2.31. The number of anilines is 1. The number of hydrogen-bond acceptors (Lipinski definition) is 2. The van der Waals surface area contributed by atoms with E-state index < -0.39 is 0 Å². The third kappa shape index (κ3) is 4.05. The van der Waals surface area contributed by atoms with Crippen LogP contribution in [0, 0.1) is 0 Å². The van der Waals surface area contributed by atoms with Crippen molar-refractivity contribution in [3.8, 4) is 0 Å². The summed E-state index contributed by atoms with van der Waals surface area (Å²) in [6.45, 7) is 1.87. The fourth-order valence-corrected chi connectivity index (χ4v) is 3.38. The lowest BCUT2D eigenvalue weighted by atomic mass is 9.96. The highest BCUT2D eigenvalue weighted by molar-refractivity contribution is 6.34. The van der Waals surface area contributed by atoms with Crippen molar-refractivity contribution in [2.24, 2.45) is 5.10 Å². The van der Waals surface area contributed by atoms with Gasteiger partial charge in [0, 0.05) is 5.02 Å². The normalized spacial score (nSPS) is 15.7. The van der Waals surface area contributed by atoms with Gasteiger partial charge in [0.05, 0.1) is 17.0 Å². The van der Waals surface area contributed by atoms with Crippen LogP contribution in [0.25, 0.3) is 11.6 Å². The van der Waals surface area contributed by atoms with Crippen molar-refractivity contribution < 1.29 is 4.79 Å². The first-order valence-corrected chi connectivity index (χ1v) is 9.70. The molecule has 0 atom stereocenters. The van der Waals surface area contributed by atoms with Gasteiger partial charge in [-0.3, -0.25) is 4.79 Å². The monoisotopic (exact) mass is 398 g/mol. The third-order valence-corrected chi connectivity index (χ3v) is 4.94. The second-order valence-corrected chi connectivity index (χ2v) is 7.11. The average Bonchev–Trinajstić information content (AvgIpc) is 3.05. The molecule has 0 aromatic heterocycles. The first-order chi connectivity index (χ1) is 14.1. The standard InChI is InChI=1S/C25H19ClN2O/c1-18-24(25(29)28(27-18)22-10-6-3-7-11-22)23(20-8-4-2-5-9-20)17-14-19-12-15-21(26)16-13-19/h2-17H,1H3. The van der Waals surface area contributed by atoms with Crippen molar-refractivity contribution in [3.63, 3.8) is 0 Å². The minimum absolute atomic E-state index is 0.131. The number of rotatable bonds is 4. The molecule has 0 saturated carbocycles. The molecule has 4 rings (SSSR count). The van der Waals surface area contributed by atoms with Gasteiger partial charge in [-0.25, -0.2) is 0 Å². The SMILES string of the molecule is CC1=NN(c2ccccc2)C(=O)C1=C(C=Cc1ccc(Cl)cc1)c1ccccc1. The first-order valence-electron chi connectivity index (χ1n) is 9.32. The summed E-state index contributed by atoms with van der Waals surface area (Å²) in [5, 5.41) is 6.68. The molecule has 1 aliphatic heterocycles. The summed E-state index contributed by atoms with van der Waals surface area (Å²) in [4.78, 5) is 13.3. The number of amides is 1. The molecule has 0 N–H and O–H groups in total. The fraction of sp³-hybridized carbons (Fsp3) is 0.0400. The Kier molecular flexibility index (Phi) is 5.41. The summed E-state index contributed by atoms with van der Waals surface area (Å²) in [5.74, 6) is -0.131. The van der Waals surface area contributed by atoms with E-state index in [0.29, 0.717) is 16.3 Å². The van der Waals surface area contributed by atoms with E-state index in [1.54, 1.807) is 0 Å². The van der Waals surface area contributed by atoms with Gasteiger partial charge < -0.3 is 0 Å². The molecule has 0 aliphatic carbocycles. The van der Waals surface area contributed by atoms with E-state index in [1.165, 1.54) is 5.01 Å². The number of halogens is 1. The van der Waals surface area contributed by atoms with Crippen molar-refractivity contribution in [2.45, 2.75) is 6.92 Å². The molecule has 0 saturated heterocycles. The summed E-state index contributed by atoms with van der Waals surface area (Å²) in [6, 6.07) is 26.9. The van der Waals surface area contributed by atoms with Gasteiger partial charge in [-0.15, -0.1) is 0 Å². The molecule has 29 heavy (non-hydrogen) atoms. The molecule has 1 heterocycles. The molecule has 142 valence electrons. The number of hydrazone groups is 1. The molecular formula is C25H19ClN2O. The van der Waals surface area contributed by atoms with E-state index in [-0.39, 0.29) is 5.91 Å². The van der Waals surface area contributed by atoms with Crippen molar-refractivity contribution >= 4 is 40.6 Å². The minimum atomic E-state index is -0.131. The Morgan fingerprint density at radius 1 is 0.897 bits per heavy atom. The van der Waals surface area contributed by atoms with Gasteiger partial charge in [0.2, 0.25) is 0 Å². The maximum absolute atomic E-state index is 13.3. The molecule has 0 unspecified atom stereocenters. The molecular weight excluding hydrogens is 380 g/mol. The van der Waals surface area contributed by atoms with E-state index in [1.807, 2.05) is 104 Å². The van der Waals surface area contributed by atoms with Crippen LogP contribution in [0.2, 0.25) is 5.02 Å². The Bertz CT molecular complexity index is 1110. The predicted octanol–water partition coefficient (Wildman–Crippen LogP) is 6.23. The zero-order valence-corrected chi connectivity index (χ0v) is 16.7. The molecule has 1 amide bonds. The van der Waals surface area contributed by atoms with Gasteiger partial charge in [-0.1, -0.05) is 84.4 Å². The number of carbonyl (C=O) groups is 1. The third-order valence-electron chi connectivity index (χ3n) is 4.69. The minimum Gasteiger partial charge on any atom is -0.267 e. The lowest BCUT2D eigenvalue weighted by molar-refractivity contribution is -0.114. The van der Waals surface area contributed by atoms with E-state index in [2.05, 4.69) is 5.10 Å². The molecule has 0 fully saturated rings. The average molecular weight is 399 g/mol. The Morgan fingerprint density at radius 3 is 2.17 bits per heavy atom. The number of hydrogen-bond donors (Lipinski definition) is 0. The van der Waals surface area contributed by atoms with Crippen LogP contribution in [-0.2, 0) is 4.79 Å². The van der Waals surface area contributed by atoms with Gasteiger partial charge in [0.25, 0.3) is 5.91 Å². The second kappa shape index (κ2) is 8.29. The summed E-state index contributed by atoms with van der Waals surface area (Å²) >= 11 is 5.99. The topological polar surface area (TPSA) is 32.7 Å². The van der Waals surface area contributed by atoms with E-state index in [9.17, 15) is 4.79 Å². The van der Waals surface area contributed by atoms with Gasteiger partial charge >= 0.3 is 0 Å². The number of para-hydroxylation sites is 1. The van der Waals surface area contributed by atoms with Crippen LogP contribution in [0.15, 0.2) is 102 Å². The molecule has 3 aromatic carbocycles. The molecule has 4 heteroatoms. The predicted molar refractivity (Wildman–Crippen MR) is 121 cm³/mol. The maximum atomic E-state index is 13.3. The van der Waals surface area contributed by atoms with E-state index in [0.717, 1.165) is 22.4 Å². The Hall–Kier alpha value is -3.43. The van der Waals surface area contributed by atoms with Crippen LogP contribution in [-0.4, -0.2) is 11.6 Å². The number of carbonyl (C=O) groups excluding carboxylic acids is 1. The Morgan fingerprint density at radius 2 is 1.52 bits per heavy atom. The Balaban J connectivity index is 1.80. The van der Waals surface area contributed by atoms with Crippen molar-refractivity contribution in [1.29, 1.82) is 0 Å². The highest BCUT2D eigenvalue weighted by Crippen LogP contribution is 2.30. The zero-order chi connectivity index (χ0) is 20.2. The van der Waals surface area contributed by atoms with Crippen molar-refractivity contribution in [2.75, 3.05) is 5.01 Å². The van der Waals surface area contributed by atoms with Crippen LogP contribution < -0.4 is 5.01 Å². The molecule has 3 aromatic rings. The molecule has 0 radical (unpaired) electrons.